The van der Waals surface area contributed by atoms with Gasteiger partial charge in [-0.1, -0.05) is 54.4 Å². The monoisotopic (exact) mass is 270 g/mol. The average Bonchev–Trinajstić information content (AvgIpc) is 2.23. The third-order valence-corrected chi connectivity index (χ3v) is 3.63. The van der Waals surface area contributed by atoms with Gasteiger partial charge in [0.25, 0.3) is 0 Å². The Hall–Kier alpha value is -0.300. The quantitative estimate of drug-likeness (QED) is 0.595. The minimum Gasteiger partial charge on any atom is -0.0844 e. The van der Waals surface area contributed by atoms with Crippen LogP contribution in [0.3, 0.4) is 0 Å². The molecular weight excluding hydrogens is 248 g/mol. The molecule has 1 heteroatoms. The van der Waals surface area contributed by atoms with Crippen LogP contribution in [0.1, 0.15) is 41.5 Å². The maximum atomic E-state index is 3.55. The van der Waals surface area contributed by atoms with E-state index in [1.807, 2.05) is 6.92 Å². The molecule has 15 heavy (non-hydrogen) atoms. The minimum absolute atomic E-state index is 0.591. The molecule has 0 heterocycles. The van der Waals surface area contributed by atoms with Crippen molar-refractivity contribution < 1.29 is 0 Å². The van der Waals surface area contributed by atoms with E-state index >= 15 is 0 Å². The van der Waals surface area contributed by atoms with Crippen molar-refractivity contribution in [2.24, 2.45) is 11.8 Å². The molecule has 86 valence electrons. The second kappa shape index (κ2) is 7.05. The van der Waals surface area contributed by atoms with Crippen LogP contribution in [-0.4, -0.2) is 0 Å². The second-order valence-corrected chi connectivity index (χ2v) is 5.19. The van der Waals surface area contributed by atoms with E-state index in [1.165, 1.54) is 11.1 Å². The molecule has 0 rings (SSSR count). The van der Waals surface area contributed by atoms with Crippen molar-refractivity contribution in [1.82, 2.24) is 0 Å². The summed E-state index contributed by atoms with van der Waals surface area (Å²) < 4.78 is 1.16. The SMILES string of the molecule is C\C=C(C)/C(=C/C(Br)=C\C)C(C)C(C)C. The molecule has 0 aliphatic rings. The van der Waals surface area contributed by atoms with Crippen molar-refractivity contribution in [2.75, 3.05) is 0 Å². The highest BCUT2D eigenvalue weighted by Crippen LogP contribution is 2.28. The summed E-state index contributed by atoms with van der Waals surface area (Å²) in [4.78, 5) is 0. The number of rotatable bonds is 4. The molecule has 1 atom stereocenters. The fourth-order valence-electron chi connectivity index (χ4n) is 1.36. The first-order valence-electron chi connectivity index (χ1n) is 5.60. The lowest BCUT2D eigenvalue weighted by Crippen LogP contribution is -2.08. The zero-order chi connectivity index (χ0) is 12.0. The normalized spacial score (nSPS) is 17.2. The Morgan fingerprint density at radius 2 is 1.60 bits per heavy atom. The van der Waals surface area contributed by atoms with Crippen molar-refractivity contribution in [1.29, 1.82) is 0 Å². The lowest BCUT2D eigenvalue weighted by atomic mass is 9.85. The first-order chi connectivity index (χ1) is 6.93. The van der Waals surface area contributed by atoms with Gasteiger partial charge in [-0.05, 0) is 44.3 Å². The first kappa shape index (κ1) is 14.7. The van der Waals surface area contributed by atoms with Crippen LogP contribution in [0.15, 0.2) is 33.9 Å². The largest absolute Gasteiger partial charge is 0.0844 e. The highest BCUT2D eigenvalue weighted by Gasteiger charge is 2.13. The molecule has 0 aliphatic carbocycles. The predicted octanol–water partition coefficient (Wildman–Crippen LogP) is 5.47. The molecule has 0 bridgehead atoms. The molecule has 1 unspecified atom stereocenters. The summed E-state index contributed by atoms with van der Waals surface area (Å²) in [5.41, 5.74) is 2.80. The van der Waals surface area contributed by atoms with Crippen LogP contribution in [0.5, 0.6) is 0 Å². The van der Waals surface area contributed by atoms with E-state index in [9.17, 15) is 0 Å². The van der Waals surface area contributed by atoms with E-state index in [1.54, 1.807) is 0 Å². The Balaban J connectivity index is 5.16. The standard InChI is InChI=1S/C14H23Br/c1-7-11(5)14(9-13(15)8-2)12(6)10(3)4/h7-10,12H,1-6H3/b11-7-,13-8+,14-9-. The van der Waals surface area contributed by atoms with Crippen molar-refractivity contribution in [2.45, 2.75) is 41.5 Å². The molecule has 0 aromatic carbocycles. The zero-order valence-electron chi connectivity index (χ0n) is 10.8. The van der Waals surface area contributed by atoms with Gasteiger partial charge in [0, 0.05) is 4.48 Å². The Morgan fingerprint density at radius 3 is 1.93 bits per heavy atom. The van der Waals surface area contributed by atoms with Crippen LogP contribution >= 0.6 is 15.9 Å². The van der Waals surface area contributed by atoms with Gasteiger partial charge in [-0.25, -0.2) is 0 Å². The smallest absolute Gasteiger partial charge is 0.0135 e. The van der Waals surface area contributed by atoms with Crippen molar-refractivity contribution in [3.05, 3.63) is 33.9 Å². The average molecular weight is 271 g/mol. The molecule has 0 aromatic heterocycles. The number of hydrogen-bond donors (Lipinski definition) is 0. The van der Waals surface area contributed by atoms with Gasteiger partial charge in [0.1, 0.15) is 0 Å². The summed E-state index contributed by atoms with van der Waals surface area (Å²) in [6, 6.07) is 0. The van der Waals surface area contributed by atoms with E-state index < -0.39 is 0 Å². The van der Waals surface area contributed by atoms with Gasteiger partial charge in [-0.15, -0.1) is 0 Å². The van der Waals surface area contributed by atoms with E-state index in [2.05, 4.69) is 68.8 Å². The highest BCUT2D eigenvalue weighted by atomic mass is 79.9. The molecule has 0 fully saturated rings. The molecule has 0 nitrogen and oxygen atoms in total. The molecule has 0 radical (unpaired) electrons. The van der Waals surface area contributed by atoms with Crippen molar-refractivity contribution in [3.8, 4) is 0 Å². The van der Waals surface area contributed by atoms with Gasteiger partial charge >= 0.3 is 0 Å². The van der Waals surface area contributed by atoms with Crippen molar-refractivity contribution >= 4 is 15.9 Å². The maximum Gasteiger partial charge on any atom is 0.0135 e. The van der Waals surface area contributed by atoms with Gasteiger partial charge < -0.3 is 0 Å². The topological polar surface area (TPSA) is 0 Å². The fraction of sp³-hybridized carbons (Fsp3) is 0.571. The van der Waals surface area contributed by atoms with E-state index in [0.29, 0.717) is 11.8 Å². The molecule has 0 saturated heterocycles. The van der Waals surface area contributed by atoms with Gasteiger partial charge in [0.15, 0.2) is 0 Å². The molecule has 0 spiro atoms. The summed E-state index contributed by atoms with van der Waals surface area (Å²) in [5, 5.41) is 0. The maximum absolute atomic E-state index is 3.55. The van der Waals surface area contributed by atoms with Crippen LogP contribution in [0, 0.1) is 11.8 Å². The number of hydrogen-bond acceptors (Lipinski definition) is 0. The third kappa shape index (κ3) is 4.83. The summed E-state index contributed by atoms with van der Waals surface area (Å²) in [7, 11) is 0. The van der Waals surface area contributed by atoms with Crippen LogP contribution in [0.25, 0.3) is 0 Å². The van der Waals surface area contributed by atoms with E-state index in [0.717, 1.165) is 4.48 Å². The zero-order valence-corrected chi connectivity index (χ0v) is 12.4. The first-order valence-corrected chi connectivity index (χ1v) is 6.40. The fourth-order valence-corrected chi connectivity index (χ4v) is 1.61. The van der Waals surface area contributed by atoms with Crippen molar-refractivity contribution in [3.63, 3.8) is 0 Å². The van der Waals surface area contributed by atoms with E-state index in [-0.39, 0.29) is 0 Å². The second-order valence-electron chi connectivity index (χ2n) is 4.28. The Morgan fingerprint density at radius 1 is 1.07 bits per heavy atom. The lowest BCUT2D eigenvalue weighted by Gasteiger charge is -2.20. The summed E-state index contributed by atoms with van der Waals surface area (Å²) >= 11 is 3.55. The van der Waals surface area contributed by atoms with Crippen LogP contribution in [-0.2, 0) is 0 Å². The minimum atomic E-state index is 0.591. The van der Waals surface area contributed by atoms with Crippen LogP contribution < -0.4 is 0 Å². The Bertz CT molecular complexity index is 280. The van der Waals surface area contributed by atoms with Crippen LogP contribution in [0.4, 0.5) is 0 Å². The molecule has 0 saturated carbocycles. The molecule has 0 aliphatic heterocycles. The van der Waals surface area contributed by atoms with Gasteiger partial charge in [-0.2, -0.15) is 0 Å². The Kier molecular flexibility index (Phi) is 6.91. The number of allylic oxidation sites excluding steroid dienone is 6. The molecule has 0 N–H and O–H groups in total. The van der Waals surface area contributed by atoms with Gasteiger partial charge in [-0.3, -0.25) is 0 Å². The molecule has 0 amide bonds. The Labute approximate surface area is 103 Å². The number of halogens is 1. The highest BCUT2D eigenvalue weighted by molar-refractivity contribution is 9.11. The lowest BCUT2D eigenvalue weighted by molar-refractivity contribution is 0.484. The predicted molar refractivity (Wildman–Crippen MR) is 74.2 cm³/mol. The summed E-state index contributed by atoms with van der Waals surface area (Å²) in [5.74, 6) is 1.26. The summed E-state index contributed by atoms with van der Waals surface area (Å²) in [6.07, 6.45) is 6.50. The third-order valence-electron chi connectivity index (χ3n) is 2.95. The van der Waals surface area contributed by atoms with Gasteiger partial charge in [0.05, 0.1) is 0 Å². The van der Waals surface area contributed by atoms with E-state index in [4.69, 9.17) is 0 Å². The molecular formula is C14H23Br. The summed E-state index contributed by atoms with van der Waals surface area (Å²) in [6.45, 7) is 13.2. The van der Waals surface area contributed by atoms with Gasteiger partial charge in [0.2, 0.25) is 0 Å². The van der Waals surface area contributed by atoms with Crippen LogP contribution in [0.2, 0.25) is 0 Å². The molecule has 0 aromatic rings.